The van der Waals surface area contributed by atoms with E-state index < -0.39 is 10.9 Å². The van der Waals surface area contributed by atoms with Crippen LogP contribution in [0.3, 0.4) is 0 Å². The van der Waals surface area contributed by atoms with E-state index in [1.165, 1.54) is 30.2 Å². The molecule has 6 nitrogen and oxygen atoms in total. The molecule has 2 N–H and O–H groups in total. The largest absolute Gasteiger partial charge is 0.477 e. The van der Waals surface area contributed by atoms with Crippen LogP contribution in [0.25, 0.3) is 0 Å². The molecular weight excluding hydrogens is 260 g/mol. The fraction of sp³-hybridized carbons (Fsp3) is 0.357. The molecule has 0 bridgehead atoms. The van der Waals surface area contributed by atoms with Gasteiger partial charge in [0.05, 0.1) is 4.92 Å². The summed E-state index contributed by atoms with van der Waals surface area (Å²) in [5, 5.41) is 22.8. The van der Waals surface area contributed by atoms with Gasteiger partial charge in [0.2, 0.25) is 0 Å². The molecule has 0 aliphatic heterocycles. The van der Waals surface area contributed by atoms with Crippen LogP contribution in [0.1, 0.15) is 36.0 Å². The topological polar surface area (TPSA) is 92.5 Å². The van der Waals surface area contributed by atoms with Gasteiger partial charge in [-0.15, -0.1) is 0 Å². The Bertz CT molecular complexity index is 566. The molecule has 0 spiro atoms. The molecule has 0 saturated heterocycles. The van der Waals surface area contributed by atoms with Gasteiger partial charge in [0.25, 0.3) is 5.69 Å². The van der Waals surface area contributed by atoms with Gasteiger partial charge in [0, 0.05) is 18.3 Å². The Kier molecular flexibility index (Phi) is 4.34. The molecule has 1 aromatic carbocycles. The second-order valence-electron chi connectivity index (χ2n) is 4.73. The van der Waals surface area contributed by atoms with Gasteiger partial charge in [-0.2, -0.15) is 0 Å². The lowest BCUT2D eigenvalue weighted by Crippen LogP contribution is -2.06. The third-order valence-electron chi connectivity index (χ3n) is 3.33. The van der Waals surface area contributed by atoms with Crippen LogP contribution >= 0.6 is 0 Å². The standard InChI is InChI=1S/C14H16N2O4/c17-14(18)12-9-11(5-6-13(12)16(19)20)15-8-7-10-3-1-2-4-10/h3,5-6,9,15H,1-2,4,7-8H2,(H,17,18). The molecule has 106 valence electrons. The van der Waals surface area contributed by atoms with Gasteiger partial charge in [-0.25, -0.2) is 4.79 Å². The third kappa shape index (κ3) is 3.34. The third-order valence-corrected chi connectivity index (χ3v) is 3.33. The lowest BCUT2D eigenvalue weighted by Gasteiger charge is -2.08. The van der Waals surface area contributed by atoms with Crippen LogP contribution < -0.4 is 5.32 Å². The van der Waals surface area contributed by atoms with Crippen LogP contribution in [-0.4, -0.2) is 22.5 Å². The van der Waals surface area contributed by atoms with Gasteiger partial charge < -0.3 is 10.4 Å². The molecule has 0 heterocycles. The minimum absolute atomic E-state index is 0.292. The number of nitro benzene ring substituents is 1. The fourth-order valence-corrected chi connectivity index (χ4v) is 2.31. The molecule has 0 atom stereocenters. The first-order valence-electron chi connectivity index (χ1n) is 6.51. The van der Waals surface area contributed by atoms with Crippen LogP contribution in [0.15, 0.2) is 29.8 Å². The Labute approximate surface area is 116 Å². The second-order valence-corrected chi connectivity index (χ2v) is 4.73. The van der Waals surface area contributed by atoms with E-state index in [2.05, 4.69) is 11.4 Å². The maximum absolute atomic E-state index is 11.0. The second kappa shape index (κ2) is 6.18. The quantitative estimate of drug-likeness (QED) is 0.473. The molecule has 1 aliphatic rings. The maximum Gasteiger partial charge on any atom is 0.342 e. The molecule has 1 aliphatic carbocycles. The number of nitrogens with one attached hydrogen (secondary N) is 1. The normalized spacial score (nSPS) is 13.9. The summed E-state index contributed by atoms with van der Waals surface area (Å²) in [5.41, 5.74) is 1.33. The number of rotatable bonds is 6. The highest BCUT2D eigenvalue weighted by molar-refractivity contribution is 5.93. The van der Waals surface area contributed by atoms with Crippen LogP contribution in [0.5, 0.6) is 0 Å². The fourth-order valence-electron chi connectivity index (χ4n) is 2.31. The minimum atomic E-state index is -1.29. The van der Waals surface area contributed by atoms with E-state index in [1.807, 2.05) is 0 Å². The smallest absolute Gasteiger partial charge is 0.342 e. The zero-order valence-corrected chi connectivity index (χ0v) is 11.0. The van der Waals surface area contributed by atoms with Crippen molar-refractivity contribution in [3.63, 3.8) is 0 Å². The van der Waals surface area contributed by atoms with E-state index in [0.29, 0.717) is 12.2 Å². The van der Waals surface area contributed by atoms with E-state index in [0.717, 1.165) is 19.3 Å². The van der Waals surface area contributed by atoms with Crippen LogP contribution in [0.2, 0.25) is 0 Å². The average Bonchev–Trinajstić information content (AvgIpc) is 2.91. The summed E-state index contributed by atoms with van der Waals surface area (Å²) < 4.78 is 0. The predicted octanol–water partition coefficient (Wildman–Crippen LogP) is 3.21. The summed E-state index contributed by atoms with van der Waals surface area (Å²) in [6.45, 7) is 0.697. The summed E-state index contributed by atoms with van der Waals surface area (Å²) in [4.78, 5) is 21.1. The molecule has 20 heavy (non-hydrogen) atoms. The Hall–Kier alpha value is -2.37. The molecule has 0 aromatic heterocycles. The van der Waals surface area contributed by atoms with Gasteiger partial charge in [0.15, 0.2) is 0 Å². The monoisotopic (exact) mass is 276 g/mol. The van der Waals surface area contributed by atoms with Crippen molar-refractivity contribution in [3.05, 3.63) is 45.5 Å². The van der Waals surface area contributed by atoms with Gasteiger partial charge in [-0.1, -0.05) is 11.6 Å². The maximum atomic E-state index is 11.0. The predicted molar refractivity (Wildman–Crippen MR) is 75.1 cm³/mol. The van der Waals surface area contributed by atoms with Gasteiger partial charge >= 0.3 is 5.97 Å². The van der Waals surface area contributed by atoms with Crippen molar-refractivity contribution in [2.24, 2.45) is 0 Å². The van der Waals surface area contributed by atoms with Crippen LogP contribution in [-0.2, 0) is 0 Å². The lowest BCUT2D eigenvalue weighted by molar-refractivity contribution is -0.385. The van der Waals surface area contributed by atoms with E-state index in [9.17, 15) is 14.9 Å². The highest BCUT2D eigenvalue weighted by Gasteiger charge is 2.19. The molecule has 1 aromatic rings. The minimum Gasteiger partial charge on any atom is -0.477 e. The van der Waals surface area contributed by atoms with Crippen LogP contribution in [0, 0.1) is 10.1 Å². The number of nitro groups is 1. The average molecular weight is 276 g/mol. The zero-order chi connectivity index (χ0) is 14.5. The highest BCUT2D eigenvalue weighted by Crippen LogP contribution is 2.24. The van der Waals surface area contributed by atoms with Crippen molar-refractivity contribution in [2.45, 2.75) is 25.7 Å². The number of benzene rings is 1. The van der Waals surface area contributed by atoms with Crippen molar-refractivity contribution < 1.29 is 14.8 Å². The van der Waals surface area contributed by atoms with E-state index in [4.69, 9.17) is 5.11 Å². The first-order valence-corrected chi connectivity index (χ1v) is 6.51. The number of hydrogen-bond donors (Lipinski definition) is 2. The summed E-state index contributed by atoms with van der Waals surface area (Å²) in [6.07, 6.45) is 6.62. The van der Waals surface area contributed by atoms with Gasteiger partial charge in [-0.3, -0.25) is 10.1 Å². The number of anilines is 1. The number of carboxylic acids is 1. The lowest BCUT2D eigenvalue weighted by atomic mass is 10.1. The first kappa shape index (κ1) is 14.0. The van der Waals surface area contributed by atoms with Crippen molar-refractivity contribution in [1.29, 1.82) is 0 Å². The summed E-state index contributed by atoms with van der Waals surface area (Å²) >= 11 is 0. The van der Waals surface area contributed by atoms with Crippen molar-refractivity contribution >= 4 is 17.3 Å². The number of carbonyl (C=O) groups is 1. The first-order chi connectivity index (χ1) is 9.58. The highest BCUT2D eigenvalue weighted by atomic mass is 16.6. The molecular formula is C14H16N2O4. The van der Waals surface area contributed by atoms with E-state index in [-0.39, 0.29) is 11.3 Å². The van der Waals surface area contributed by atoms with Gasteiger partial charge in [-0.05, 0) is 37.8 Å². The Balaban J connectivity index is 2.03. The van der Waals surface area contributed by atoms with Crippen molar-refractivity contribution in [2.75, 3.05) is 11.9 Å². The number of allylic oxidation sites excluding steroid dienone is 1. The van der Waals surface area contributed by atoms with Gasteiger partial charge in [0.1, 0.15) is 5.56 Å². The Morgan fingerprint density at radius 3 is 2.85 bits per heavy atom. The molecule has 0 amide bonds. The Morgan fingerprint density at radius 2 is 2.25 bits per heavy atom. The van der Waals surface area contributed by atoms with Crippen molar-refractivity contribution in [3.8, 4) is 0 Å². The molecule has 6 heteroatoms. The number of aromatic carboxylic acids is 1. The molecule has 2 rings (SSSR count). The van der Waals surface area contributed by atoms with E-state index >= 15 is 0 Å². The molecule has 0 fully saturated rings. The molecule has 0 saturated carbocycles. The summed E-state index contributed by atoms with van der Waals surface area (Å²) in [7, 11) is 0. The summed E-state index contributed by atoms with van der Waals surface area (Å²) in [5.74, 6) is -1.29. The summed E-state index contributed by atoms with van der Waals surface area (Å²) in [6, 6.07) is 4.07. The Morgan fingerprint density at radius 1 is 1.45 bits per heavy atom. The molecule has 0 radical (unpaired) electrons. The van der Waals surface area contributed by atoms with E-state index in [1.54, 1.807) is 0 Å². The molecule has 0 unspecified atom stereocenters. The number of hydrogen-bond acceptors (Lipinski definition) is 4. The number of nitrogens with zero attached hydrogens (tertiary/aromatic N) is 1. The van der Waals surface area contributed by atoms with Crippen LogP contribution in [0.4, 0.5) is 11.4 Å². The zero-order valence-electron chi connectivity index (χ0n) is 11.0. The van der Waals surface area contributed by atoms with Crippen molar-refractivity contribution in [1.82, 2.24) is 0 Å². The SMILES string of the molecule is O=C(O)c1cc(NCCC2=CCCC2)ccc1[N+](=O)[O-]. The number of carboxylic acid groups (broad SMARTS) is 1.